The summed E-state index contributed by atoms with van der Waals surface area (Å²) >= 11 is 0. The fourth-order valence-electron chi connectivity index (χ4n) is 3.27. The second-order valence-electron chi connectivity index (χ2n) is 6.93. The third-order valence-corrected chi connectivity index (χ3v) is 4.85. The predicted molar refractivity (Wildman–Crippen MR) is 104 cm³/mol. The van der Waals surface area contributed by atoms with Crippen molar-refractivity contribution in [3.05, 3.63) is 91.6 Å². The van der Waals surface area contributed by atoms with Gasteiger partial charge in [-0.2, -0.15) is 0 Å². The van der Waals surface area contributed by atoms with Gasteiger partial charge in [-0.25, -0.2) is 0 Å². The summed E-state index contributed by atoms with van der Waals surface area (Å²) in [4.78, 5) is 25.5. The Morgan fingerprint density at radius 1 is 0.714 bits per heavy atom. The van der Waals surface area contributed by atoms with Crippen LogP contribution in [0.4, 0.5) is 0 Å². The zero-order chi connectivity index (χ0) is 20.0. The molecule has 4 rings (SSSR count). The molecule has 0 amide bonds. The van der Waals surface area contributed by atoms with Gasteiger partial charge in [-0.15, -0.1) is 0 Å². The largest absolute Gasteiger partial charge is 0.464 e. The van der Waals surface area contributed by atoms with E-state index in [2.05, 4.69) is 0 Å². The second-order valence-corrected chi connectivity index (χ2v) is 6.93. The van der Waals surface area contributed by atoms with Gasteiger partial charge in [0.25, 0.3) is 0 Å². The molecule has 6 heteroatoms. The van der Waals surface area contributed by atoms with Gasteiger partial charge in [0.1, 0.15) is 35.9 Å². The van der Waals surface area contributed by atoms with Crippen molar-refractivity contribution in [3.8, 4) is 0 Å². The number of aliphatic hydroxyl groups excluding tert-OH is 2. The summed E-state index contributed by atoms with van der Waals surface area (Å²) in [7, 11) is 0. The number of benzene rings is 2. The Kier molecular flexibility index (Phi) is 4.37. The molecule has 0 aliphatic carbocycles. The molecular formula is C22H18O6. The maximum Gasteiger partial charge on any atom is 0.198 e. The number of hydrogen-bond donors (Lipinski definition) is 2. The van der Waals surface area contributed by atoms with Crippen molar-refractivity contribution in [3.63, 3.8) is 0 Å². The highest BCUT2D eigenvalue weighted by Crippen LogP contribution is 2.28. The molecule has 0 aliphatic heterocycles. The molecular weight excluding hydrogens is 360 g/mol. The smallest absolute Gasteiger partial charge is 0.198 e. The fourth-order valence-corrected chi connectivity index (χ4v) is 3.27. The summed E-state index contributed by atoms with van der Waals surface area (Å²) in [5.41, 5.74) is 1.29. The Balaban J connectivity index is 1.81. The Hall–Kier alpha value is -3.22. The van der Waals surface area contributed by atoms with Crippen molar-refractivity contribution < 1.29 is 19.0 Å². The summed E-state index contributed by atoms with van der Waals surface area (Å²) in [5.74, 6) is 0. The summed E-state index contributed by atoms with van der Waals surface area (Å²) in [6.07, 6.45) is -1.07. The summed E-state index contributed by atoms with van der Waals surface area (Å²) < 4.78 is 10.9. The zero-order valence-electron chi connectivity index (χ0n) is 15.3. The lowest BCUT2D eigenvalue weighted by atomic mass is 9.98. The number of hydrogen-bond acceptors (Lipinski definition) is 6. The third kappa shape index (κ3) is 2.93. The number of aliphatic hydroxyl groups is 2. The Morgan fingerprint density at radius 2 is 1.11 bits per heavy atom. The lowest BCUT2D eigenvalue weighted by Gasteiger charge is -2.17. The van der Waals surface area contributed by atoms with Crippen molar-refractivity contribution in [2.75, 3.05) is 0 Å². The van der Waals surface area contributed by atoms with E-state index in [0.29, 0.717) is 21.9 Å². The van der Waals surface area contributed by atoms with Crippen molar-refractivity contribution in [2.45, 2.75) is 26.1 Å². The lowest BCUT2D eigenvalue weighted by molar-refractivity contribution is 0.0143. The molecule has 0 radical (unpaired) electrons. The van der Waals surface area contributed by atoms with Crippen LogP contribution >= 0.6 is 0 Å². The quantitative estimate of drug-likeness (QED) is 0.567. The van der Waals surface area contributed by atoms with Crippen LogP contribution in [0.25, 0.3) is 21.9 Å². The number of rotatable bonds is 3. The van der Waals surface area contributed by atoms with E-state index < -0.39 is 23.1 Å². The average Bonchev–Trinajstić information content (AvgIpc) is 2.68. The highest BCUT2D eigenvalue weighted by molar-refractivity contribution is 5.78. The zero-order valence-corrected chi connectivity index (χ0v) is 15.3. The molecule has 2 aromatic carbocycles. The first-order valence-electron chi connectivity index (χ1n) is 8.77. The van der Waals surface area contributed by atoms with Gasteiger partial charge in [-0.3, -0.25) is 9.59 Å². The SMILES string of the molecule is Cc1ccc2occ(C(O)C(O)c3coc4ccc(C)cc4c3=O)c(=O)c2c1. The standard InChI is InChI=1S/C22H18O6/c1-11-3-5-17-13(7-11)19(23)15(9-27-17)21(25)22(26)16-10-28-18-6-4-12(2)8-14(18)20(16)24/h3-10,21-22,25-26H,1-2H3. The maximum atomic E-state index is 12.8. The van der Waals surface area contributed by atoms with E-state index in [9.17, 15) is 19.8 Å². The molecule has 0 spiro atoms. The molecule has 28 heavy (non-hydrogen) atoms. The topological polar surface area (TPSA) is 101 Å². The molecule has 0 saturated carbocycles. The first-order chi connectivity index (χ1) is 13.4. The van der Waals surface area contributed by atoms with Gasteiger partial charge in [0.15, 0.2) is 10.9 Å². The molecule has 2 N–H and O–H groups in total. The van der Waals surface area contributed by atoms with Gasteiger partial charge in [-0.05, 0) is 38.1 Å². The summed E-state index contributed by atoms with van der Waals surface area (Å²) in [5, 5.41) is 21.8. The van der Waals surface area contributed by atoms with Crippen LogP contribution in [0, 0.1) is 13.8 Å². The van der Waals surface area contributed by atoms with Crippen LogP contribution in [-0.4, -0.2) is 10.2 Å². The van der Waals surface area contributed by atoms with Gasteiger partial charge in [-0.1, -0.05) is 23.3 Å². The van der Waals surface area contributed by atoms with E-state index >= 15 is 0 Å². The highest BCUT2D eigenvalue weighted by Gasteiger charge is 2.27. The molecule has 0 aliphatic rings. The van der Waals surface area contributed by atoms with E-state index in [0.717, 1.165) is 23.7 Å². The first kappa shape index (κ1) is 18.2. The van der Waals surface area contributed by atoms with E-state index in [4.69, 9.17) is 8.83 Å². The maximum absolute atomic E-state index is 12.8. The third-order valence-electron chi connectivity index (χ3n) is 4.85. The molecule has 2 heterocycles. The molecule has 0 saturated heterocycles. The highest BCUT2D eigenvalue weighted by atomic mass is 16.3. The molecule has 4 aromatic rings. The first-order valence-corrected chi connectivity index (χ1v) is 8.77. The Bertz CT molecular complexity index is 1210. The molecule has 142 valence electrons. The molecule has 2 unspecified atom stereocenters. The Labute approximate surface area is 159 Å². The van der Waals surface area contributed by atoms with Gasteiger partial charge in [0, 0.05) is 0 Å². The van der Waals surface area contributed by atoms with Crippen molar-refractivity contribution in [1.29, 1.82) is 0 Å². The van der Waals surface area contributed by atoms with Crippen LogP contribution in [-0.2, 0) is 0 Å². The molecule has 2 aromatic heterocycles. The summed E-state index contributed by atoms with van der Waals surface area (Å²) in [6, 6.07) is 10.2. The predicted octanol–water partition coefficient (Wildman–Crippen LogP) is 3.28. The Morgan fingerprint density at radius 3 is 1.50 bits per heavy atom. The van der Waals surface area contributed by atoms with Crippen LogP contribution in [0.1, 0.15) is 34.5 Å². The second kappa shape index (κ2) is 6.74. The van der Waals surface area contributed by atoms with Crippen LogP contribution in [0.15, 0.2) is 67.3 Å². The van der Waals surface area contributed by atoms with E-state index in [-0.39, 0.29) is 11.1 Å². The monoisotopic (exact) mass is 378 g/mol. The van der Waals surface area contributed by atoms with Crippen molar-refractivity contribution >= 4 is 21.9 Å². The van der Waals surface area contributed by atoms with Crippen LogP contribution < -0.4 is 10.9 Å². The van der Waals surface area contributed by atoms with Gasteiger partial charge in [0.2, 0.25) is 0 Å². The van der Waals surface area contributed by atoms with Crippen LogP contribution in [0.5, 0.6) is 0 Å². The average molecular weight is 378 g/mol. The van der Waals surface area contributed by atoms with Gasteiger partial charge in [0.05, 0.1) is 21.9 Å². The van der Waals surface area contributed by atoms with Crippen molar-refractivity contribution in [1.82, 2.24) is 0 Å². The lowest BCUT2D eigenvalue weighted by Crippen LogP contribution is -2.23. The fraction of sp³-hybridized carbons (Fsp3) is 0.182. The van der Waals surface area contributed by atoms with Crippen molar-refractivity contribution in [2.24, 2.45) is 0 Å². The molecule has 6 nitrogen and oxygen atoms in total. The minimum Gasteiger partial charge on any atom is -0.464 e. The summed E-state index contributed by atoms with van der Waals surface area (Å²) in [6.45, 7) is 3.66. The molecule has 2 atom stereocenters. The number of aryl methyl sites for hydroxylation is 2. The van der Waals surface area contributed by atoms with E-state index in [1.807, 2.05) is 13.8 Å². The van der Waals surface area contributed by atoms with E-state index in [1.165, 1.54) is 0 Å². The minimum absolute atomic E-state index is 0.130. The number of fused-ring (bicyclic) bond motifs is 2. The van der Waals surface area contributed by atoms with Crippen LogP contribution in [0.3, 0.4) is 0 Å². The van der Waals surface area contributed by atoms with E-state index in [1.54, 1.807) is 36.4 Å². The van der Waals surface area contributed by atoms with Crippen LogP contribution in [0.2, 0.25) is 0 Å². The van der Waals surface area contributed by atoms with Gasteiger partial charge >= 0.3 is 0 Å². The molecule has 0 bridgehead atoms. The molecule has 0 fully saturated rings. The minimum atomic E-state index is -1.65. The normalized spacial score (nSPS) is 13.7. The van der Waals surface area contributed by atoms with Gasteiger partial charge < -0.3 is 19.0 Å².